The minimum atomic E-state index is -0.805. The Hall–Kier alpha value is -2.53. The molecule has 2 aromatic carbocycles. The lowest BCUT2D eigenvalue weighted by atomic mass is 9.94. The van der Waals surface area contributed by atoms with Gasteiger partial charge in [-0.3, -0.25) is 14.8 Å². The number of pyridine rings is 1. The maximum atomic E-state index is 10.2. The van der Waals surface area contributed by atoms with Crippen molar-refractivity contribution in [3.8, 4) is 11.1 Å². The monoisotopic (exact) mass is 415 g/mol. The minimum Gasteiger partial charge on any atom is -0.386 e. The van der Waals surface area contributed by atoms with Crippen LogP contribution < -0.4 is 0 Å². The molecule has 1 fully saturated rings. The van der Waals surface area contributed by atoms with Crippen LogP contribution in [0, 0.1) is 6.92 Å². The van der Waals surface area contributed by atoms with Gasteiger partial charge >= 0.3 is 0 Å². The molecule has 0 spiro atoms. The van der Waals surface area contributed by atoms with Gasteiger partial charge in [0, 0.05) is 51.7 Å². The third-order valence-electron chi connectivity index (χ3n) is 6.28. The van der Waals surface area contributed by atoms with E-state index in [0.717, 1.165) is 44.8 Å². The van der Waals surface area contributed by atoms with Crippen LogP contribution in [-0.2, 0) is 18.7 Å². The number of benzene rings is 2. The Morgan fingerprint density at radius 3 is 1.97 bits per heavy atom. The van der Waals surface area contributed by atoms with E-state index < -0.39 is 5.60 Å². The highest BCUT2D eigenvalue weighted by Crippen LogP contribution is 2.27. The van der Waals surface area contributed by atoms with Crippen LogP contribution >= 0.6 is 0 Å². The summed E-state index contributed by atoms with van der Waals surface area (Å²) in [7, 11) is 0. The summed E-state index contributed by atoms with van der Waals surface area (Å²) in [4.78, 5) is 9.19. The Labute approximate surface area is 186 Å². The molecule has 1 saturated heterocycles. The van der Waals surface area contributed by atoms with E-state index in [0.29, 0.717) is 0 Å². The fourth-order valence-electron chi connectivity index (χ4n) is 4.22. The van der Waals surface area contributed by atoms with Crippen LogP contribution in [0.25, 0.3) is 11.1 Å². The molecule has 0 radical (unpaired) electrons. The van der Waals surface area contributed by atoms with Crippen molar-refractivity contribution in [2.24, 2.45) is 0 Å². The lowest BCUT2D eigenvalue weighted by Crippen LogP contribution is -2.45. The molecule has 31 heavy (non-hydrogen) atoms. The summed E-state index contributed by atoms with van der Waals surface area (Å²) in [5.74, 6) is 0. The van der Waals surface area contributed by atoms with E-state index in [-0.39, 0.29) is 0 Å². The molecule has 0 bridgehead atoms. The molecule has 0 unspecified atom stereocenters. The summed E-state index contributed by atoms with van der Waals surface area (Å²) in [5.41, 5.74) is 6.62. The first-order chi connectivity index (χ1) is 14.9. The molecular formula is C27H33N3O. The smallest absolute Gasteiger partial charge is 0.0840 e. The Kier molecular flexibility index (Phi) is 6.51. The van der Waals surface area contributed by atoms with Crippen LogP contribution in [0.3, 0.4) is 0 Å². The molecule has 162 valence electrons. The Bertz CT molecular complexity index is 985. The number of hydrogen-bond donors (Lipinski definition) is 1. The highest BCUT2D eigenvalue weighted by atomic mass is 16.3. The molecule has 0 amide bonds. The fraction of sp³-hybridized carbons (Fsp3) is 0.370. The van der Waals surface area contributed by atoms with Crippen molar-refractivity contribution < 1.29 is 5.11 Å². The van der Waals surface area contributed by atoms with Gasteiger partial charge < -0.3 is 5.11 Å². The van der Waals surface area contributed by atoms with Gasteiger partial charge in [0.25, 0.3) is 0 Å². The molecule has 2 heterocycles. The number of hydrogen-bond acceptors (Lipinski definition) is 4. The first kappa shape index (κ1) is 21.7. The standard InChI is InChI=1S/C27H33N3O/c1-21-18-24(23-6-8-26(9-7-23)27(2,3)31)4-5-25(21)20-30-16-14-29(15-17-30)19-22-10-12-28-13-11-22/h4-13,18,31H,14-17,19-20H2,1-3H3. The molecule has 4 heteroatoms. The van der Waals surface area contributed by atoms with Gasteiger partial charge in [0.15, 0.2) is 0 Å². The van der Waals surface area contributed by atoms with Crippen molar-refractivity contribution in [1.82, 2.24) is 14.8 Å². The Morgan fingerprint density at radius 2 is 1.39 bits per heavy atom. The van der Waals surface area contributed by atoms with Crippen LogP contribution in [0.15, 0.2) is 67.0 Å². The number of piperazine rings is 1. The van der Waals surface area contributed by atoms with Crippen molar-refractivity contribution in [1.29, 1.82) is 0 Å². The van der Waals surface area contributed by atoms with E-state index in [9.17, 15) is 5.11 Å². The number of rotatable bonds is 6. The highest BCUT2D eigenvalue weighted by Gasteiger charge is 2.18. The minimum absolute atomic E-state index is 0.805. The maximum Gasteiger partial charge on any atom is 0.0840 e. The molecular weight excluding hydrogens is 382 g/mol. The van der Waals surface area contributed by atoms with E-state index in [1.54, 1.807) is 0 Å². The zero-order chi connectivity index (χ0) is 21.8. The molecule has 0 atom stereocenters. The van der Waals surface area contributed by atoms with Gasteiger partial charge in [-0.2, -0.15) is 0 Å². The molecule has 4 rings (SSSR count). The van der Waals surface area contributed by atoms with Gasteiger partial charge in [-0.25, -0.2) is 0 Å². The lowest BCUT2D eigenvalue weighted by Gasteiger charge is -2.35. The Morgan fingerprint density at radius 1 is 0.806 bits per heavy atom. The predicted molar refractivity (Wildman–Crippen MR) is 127 cm³/mol. The van der Waals surface area contributed by atoms with Crippen LogP contribution in [0.2, 0.25) is 0 Å². The molecule has 1 aliphatic rings. The van der Waals surface area contributed by atoms with Crippen molar-refractivity contribution in [3.63, 3.8) is 0 Å². The Balaban J connectivity index is 1.35. The van der Waals surface area contributed by atoms with E-state index in [4.69, 9.17) is 0 Å². The quantitative estimate of drug-likeness (QED) is 0.639. The molecule has 1 N–H and O–H groups in total. The number of aryl methyl sites for hydroxylation is 1. The van der Waals surface area contributed by atoms with Crippen molar-refractivity contribution in [2.75, 3.05) is 26.2 Å². The molecule has 0 aliphatic carbocycles. The molecule has 0 saturated carbocycles. The van der Waals surface area contributed by atoms with Crippen LogP contribution in [-0.4, -0.2) is 46.1 Å². The van der Waals surface area contributed by atoms with E-state index in [1.807, 2.05) is 38.4 Å². The summed E-state index contributed by atoms with van der Waals surface area (Å²) in [6, 6.07) is 19.2. The summed E-state index contributed by atoms with van der Waals surface area (Å²) < 4.78 is 0. The zero-order valence-corrected chi connectivity index (χ0v) is 18.9. The topological polar surface area (TPSA) is 39.6 Å². The van der Waals surface area contributed by atoms with E-state index in [2.05, 4.69) is 64.2 Å². The van der Waals surface area contributed by atoms with Crippen LogP contribution in [0.5, 0.6) is 0 Å². The fourth-order valence-corrected chi connectivity index (χ4v) is 4.22. The first-order valence-corrected chi connectivity index (χ1v) is 11.1. The average molecular weight is 416 g/mol. The second-order valence-corrected chi connectivity index (χ2v) is 9.19. The van der Waals surface area contributed by atoms with Gasteiger partial charge in [0.1, 0.15) is 0 Å². The van der Waals surface area contributed by atoms with Crippen molar-refractivity contribution >= 4 is 0 Å². The highest BCUT2D eigenvalue weighted by molar-refractivity contribution is 5.65. The van der Waals surface area contributed by atoms with Crippen LogP contribution in [0.4, 0.5) is 0 Å². The summed E-state index contributed by atoms with van der Waals surface area (Å²) in [5, 5.41) is 10.2. The first-order valence-electron chi connectivity index (χ1n) is 11.1. The summed E-state index contributed by atoms with van der Waals surface area (Å²) in [6.07, 6.45) is 3.75. The normalized spacial score (nSPS) is 15.9. The number of nitrogens with zero attached hydrogens (tertiary/aromatic N) is 3. The van der Waals surface area contributed by atoms with Gasteiger partial charge in [-0.15, -0.1) is 0 Å². The largest absolute Gasteiger partial charge is 0.386 e. The number of aliphatic hydroxyl groups is 1. The summed E-state index contributed by atoms with van der Waals surface area (Å²) >= 11 is 0. The van der Waals surface area contributed by atoms with Gasteiger partial charge in [0.2, 0.25) is 0 Å². The summed E-state index contributed by atoms with van der Waals surface area (Å²) in [6.45, 7) is 12.3. The van der Waals surface area contributed by atoms with Crippen molar-refractivity contribution in [3.05, 3.63) is 89.2 Å². The van der Waals surface area contributed by atoms with E-state index in [1.165, 1.54) is 27.8 Å². The van der Waals surface area contributed by atoms with Crippen molar-refractivity contribution in [2.45, 2.75) is 39.5 Å². The molecule has 3 aromatic rings. The SMILES string of the molecule is Cc1cc(-c2ccc(C(C)(C)O)cc2)ccc1CN1CCN(Cc2ccncc2)CC1. The van der Waals surface area contributed by atoms with E-state index >= 15 is 0 Å². The van der Waals surface area contributed by atoms with Gasteiger partial charge in [-0.05, 0) is 66.3 Å². The second-order valence-electron chi connectivity index (χ2n) is 9.19. The molecule has 1 aliphatic heterocycles. The molecule has 4 nitrogen and oxygen atoms in total. The third kappa shape index (κ3) is 5.59. The van der Waals surface area contributed by atoms with Gasteiger partial charge in [-0.1, -0.05) is 42.5 Å². The second kappa shape index (κ2) is 9.31. The van der Waals surface area contributed by atoms with Gasteiger partial charge in [0.05, 0.1) is 5.60 Å². The number of aromatic nitrogens is 1. The van der Waals surface area contributed by atoms with Crippen LogP contribution in [0.1, 0.15) is 36.1 Å². The third-order valence-corrected chi connectivity index (χ3v) is 6.28. The average Bonchev–Trinajstić information content (AvgIpc) is 2.77. The maximum absolute atomic E-state index is 10.2. The zero-order valence-electron chi connectivity index (χ0n) is 18.9. The predicted octanol–water partition coefficient (Wildman–Crippen LogP) is 4.60. The molecule has 1 aromatic heterocycles. The lowest BCUT2D eigenvalue weighted by molar-refractivity contribution is 0.0786.